The molecule has 1 fully saturated rings. The number of hydrogen-bond donors (Lipinski definition) is 3. The first-order chi connectivity index (χ1) is 9.22. The summed E-state index contributed by atoms with van der Waals surface area (Å²) in [7, 11) is 0. The number of hydrogen-bond acceptors (Lipinski definition) is 4. The van der Waals surface area contributed by atoms with E-state index in [1.54, 1.807) is 12.1 Å². The third-order valence-electron chi connectivity index (χ3n) is 3.10. The predicted molar refractivity (Wildman–Crippen MR) is 70.4 cm³/mol. The molecule has 98 valence electrons. The molecule has 4 N–H and O–H groups in total. The SMILES string of the molecule is Nc1ccc(CNC(=O)c2n[nH]c(C3CC3)n2)cc1. The van der Waals surface area contributed by atoms with Gasteiger partial charge in [-0.1, -0.05) is 12.1 Å². The third kappa shape index (κ3) is 2.73. The Hall–Kier alpha value is -2.37. The quantitative estimate of drug-likeness (QED) is 0.717. The maximum atomic E-state index is 11.9. The van der Waals surface area contributed by atoms with Gasteiger partial charge in [-0.05, 0) is 30.5 Å². The van der Waals surface area contributed by atoms with Crippen LogP contribution in [0.15, 0.2) is 24.3 Å². The van der Waals surface area contributed by atoms with E-state index in [0.717, 1.165) is 24.2 Å². The van der Waals surface area contributed by atoms with Crippen LogP contribution in [0.2, 0.25) is 0 Å². The van der Waals surface area contributed by atoms with Crippen molar-refractivity contribution in [2.75, 3.05) is 5.73 Å². The van der Waals surface area contributed by atoms with Crippen molar-refractivity contribution in [3.63, 3.8) is 0 Å². The second-order valence-electron chi connectivity index (χ2n) is 4.74. The van der Waals surface area contributed by atoms with Gasteiger partial charge in [0.05, 0.1) is 0 Å². The minimum Gasteiger partial charge on any atom is -0.399 e. The van der Waals surface area contributed by atoms with Gasteiger partial charge in [-0.25, -0.2) is 4.98 Å². The van der Waals surface area contributed by atoms with Gasteiger partial charge in [-0.3, -0.25) is 9.89 Å². The van der Waals surface area contributed by atoms with Crippen LogP contribution in [0.25, 0.3) is 0 Å². The summed E-state index contributed by atoms with van der Waals surface area (Å²) in [6.45, 7) is 0.437. The molecule has 1 saturated carbocycles. The van der Waals surface area contributed by atoms with E-state index < -0.39 is 0 Å². The topological polar surface area (TPSA) is 96.7 Å². The van der Waals surface area contributed by atoms with Gasteiger partial charge < -0.3 is 11.1 Å². The van der Waals surface area contributed by atoms with Gasteiger partial charge in [0.1, 0.15) is 5.82 Å². The largest absolute Gasteiger partial charge is 0.399 e. The summed E-state index contributed by atoms with van der Waals surface area (Å²) in [4.78, 5) is 16.1. The van der Waals surface area contributed by atoms with E-state index in [2.05, 4.69) is 20.5 Å². The van der Waals surface area contributed by atoms with E-state index in [1.165, 1.54) is 0 Å². The normalized spacial score (nSPS) is 14.3. The first kappa shape index (κ1) is 11.7. The Morgan fingerprint density at radius 2 is 2.11 bits per heavy atom. The van der Waals surface area contributed by atoms with Crippen LogP contribution in [0, 0.1) is 0 Å². The van der Waals surface area contributed by atoms with Crippen LogP contribution in [0.3, 0.4) is 0 Å². The Balaban J connectivity index is 1.59. The van der Waals surface area contributed by atoms with Crippen LogP contribution in [-0.4, -0.2) is 21.1 Å². The molecule has 6 nitrogen and oxygen atoms in total. The van der Waals surface area contributed by atoms with Crippen molar-refractivity contribution in [3.05, 3.63) is 41.5 Å². The minimum atomic E-state index is -0.264. The summed E-state index contributed by atoms with van der Waals surface area (Å²) in [5.74, 6) is 1.22. The number of nitrogen functional groups attached to an aromatic ring is 1. The standard InChI is InChI=1S/C13H15N5O/c14-10-5-1-8(2-6-10)7-15-13(19)12-16-11(17-18-12)9-3-4-9/h1-2,5-6,9H,3-4,7,14H2,(H,15,19)(H,16,17,18). The highest BCUT2D eigenvalue weighted by atomic mass is 16.2. The van der Waals surface area contributed by atoms with Crippen LogP contribution in [0.4, 0.5) is 5.69 Å². The molecule has 3 rings (SSSR count). The van der Waals surface area contributed by atoms with Gasteiger partial charge in [0.2, 0.25) is 5.82 Å². The van der Waals surface area contributed by atoms with Gasteiger partial charge in [0.25, 0.3) is 5.91 Å². The van der Waals surface area contributed by atoms with E-state index >= 15 is 0 Å². The number of anilines is 1. The number of nitrogens with one attached hydrogen (secondary N) is 2. The lowest BCUT2D eigenvalue weighted by molar-refractivity contribution is 0.0941. The van der Waals surface area contributed by atoms with Gasteiger partial charge in [-0.15, -0.1) is 5.10 Å². The van der Waals surface area contributed by atoms with Crippen molar-refractivity contribution >= 4 is 11.6 Å². The zero-order valence-corrected chi connectivity index (χ0v) is 10.4. The van der Waals surface area contributed by atoms with Crippen molar-refractivity contribution in [2.45, 2.75) is 25.3 Å². The second kappa shape index (κ2) is 4.72. The Labute approximate surface area is 110 Å². The summed E-state index contributed by atoms with van der Waals surface area (Å²) in [5.41, 5.74) is 7.29. The van der Waals surface area contributed by atoms with Crippen molar-refractivity contribution in [2.24, 2.45) is 0 Å². The molecule has 1 aromatic carbocycles. The number of nitrogens with zero attached hydrogens (tertiary/aromatic N) is 2. The zero-order valence-electron chi connectivity index (χ0n) is 10.4. The zero-order chi connectivity index (χ0) is 13.2. The van der Waals surface area contributed by atoms with E-state index in [9.17, 15) is 4.79 Å². The van der Waals surface area contributed by atoms with Crippen molar-refractivity contribution < 1.29 is 4.79 Å². The molecule has 2 aromatic rings. The van der Waals surface area contributed by atoms with Crippen LogP contribution in [0.5, 0.6) is 0 Å². The number of rotatable bonds is 4. The Morgan fingerprint density at radius 1 is 1.37 bits per heavy atom. The molecule has 6 heteroatoms. The van der Waals surface area contributed by atoms with Gasteiger partial charge in [0, 0.05) is 18.2 Å². The highest BCUT2D eigenvalue weighted by molar-refractivity contribution is 5.90. The lowest BCUT2D eigenvalue weighted by atomic mass is 10.2. The van der Waals surface area contributed by atoms with Crippen LogP contribution >= 0.6 is 0 Å². The fourth-order valence-corrected chi connectivity index (χ4v) is 1.81. The first-order valence-corrected chi connectivity index (χ1v) is 6.27. The van der Waals surface area contributed by atoms with Crippen molar-refractivity contribution in [3.8, 4) is 0 Å². The highest BCUT2D eigenvalue weighted by Crippen LogP contribution is 2.37. The first-order valence-electron chi connectivity index (χ1n) is 6.27. The Morgan fingerprint density at radius 3 is 2.79 bits per heavy atom. The average molecular weight is 257 g/mol. The number of benzene rings is 1. The molecule has 0 radical (unpaired) electrons. The molecule has 1 aliphatic carbocycles. The summed E-state index contributed by atoms with van der Waals surface area (Å²) in [6.07, 6.45) is 2.25. The molecular formula is C13H15N5O. The fraction of sp³-hybridized carbons (Fsp3) is 0.308. The average Bonchev–Trinajstić information content (AvgIpc) is 3.15. The summed E-state index contributed by atoms with van der Waals surface area (Å²) in [5, 5.41) is 9.53. The minimum absolute atomic E-state index is 0.206. The molecule has 0 saturated heterocycles. The maximum absolute atomic E-state index is 11.9. The predicted octanol–water partition coefficient (Wildman–Crippen LogP) is 1.19. The van der Waals surface area contributed by atoms with E-state index in [1.807, 2.05) is 12.1 Å². The summed E-state index contributed by atoms with van der Waals surface area (Å²) in [6, 6.07) is 7.37. The van der Waals surface area contributed by atoms with Crippen LogP contribution in [-0.2, 0) is 6.54 Å². The highest BCUT2D eigenvalue weighted by Gasteiger charge is 2.28. The molecule has 0 atom stereocenters. The summed E-state index contributed by atoms with van der Waals surface area (Å²) < 4.78 is 0. The lowest BCUT2D eigenvalue weighted by Gasteiger charge is -2.03. The monoisotopic (exact) mass is 257 g/mol. The number of H-pyrrole nitrogens is 1. The molecule has 1 aliphatic rings. The van der Waals surface area contributed by atoms with Crippen LogP contribution in [0.1, 0.15) is 40.8 Å². The van der Waals surface area contributed by atoms with E-state index in [4.69, 9.17) is 5.73 Å². The van der Waals surface area contributed by atoms with Crippen LogP contribution < -0.4 is 11.1 Å². The molecule has 0 bridgehead atoms. The molecule has 1 heterocycles. The summed E-state index contributed by atoms with van der Waals surface area (Å²) >= 11 is 0. The second-order valence-corrected chi connectivity index (χ2v) is 4.74. The smallest absolute Gasteiger partial charge is 0.291 e. The van der Waals surface area contributed by atoms with Gasteiger partial charge >= 0.3 is 0 Å². The molecule has 0 unspecified atom stereocenters. The number of nitrogens with two attached hydrogens (primary N) is 1. The number of carbonyl (C=O) groups excluding carboxylic acids is 1. The lowest BCUT2D eigenvalue weighted by Crippen LogP contribution is -2.24. The number of aromatic nitrogens is 3. The number of aromatic amines is 1. The van der Waals surface area contributed by atoms with Gasteiger partial charge in [0.15, 0.2) is 0 Å². The Kier molecular flexibility index (Phi) is 2.91. The molecule has 0 spiro atoms. The molecule has 1 amide bonds. The molecular weight excluding hydrogens is 242 g/mol. The molecule has 0 aliphatic heterocycles. The van der Waals surface area contributed by atoms with E-state index in [-0.39, 0.29) is 11.7 Å². The van der Waals surface area contributed by atoms with Gasteiger partial charge in [-0.2, -0.15) is 0 Å². The number of carbonyl (C=O) groups is 1. The van der Waals surface area contributed by atoms with E-state index in [0.29, 0.717) is 18.2 Å². The van der Waals surface area contributed by atoms with Crippen molar-refractivity contribution in [1.82, 2.24) is 20.5 Å². The maximum Gasteiger partial charge on any atom is 0.291 e. The fourth-order valence-electron chi connectivity index (χ4n) is 1.81. The Bertz CT molecular complexity index is 585. The van der Waals surface area contributed by atoms with Crippen molar-refractivity contribution in [1.29, 1.82) is 0 Å². The molecule has 1 aromatic heterocycles. The molecule has 19 heavy (non-hydrogen) atoms. The third-order valence-corrected chi connectivity index (χ3v) is 3.10. The number of amides is 1.